The molecule has 0 atom stereocenters. The maximum Gasteiger partial charge on any atom is 0.449 e. The van der Waals surface area contributed by atoms with Gasteiger partial charge in [0, 0.05) is 50.7 Å². The third-order valence-electron chi connectivity index (χ3n) is 3.38. The van der Waals surface area contributed by atoms with Crippen molar-refractivity contribution in [3.8, 4) is 0 Å². The number of halogens is 3. The van der Waals surface area contributed by atoms with Crippen LogP contribution in [-0.4, -0.2) is 25.6 Å². The molecule has 0 fully saturated rings. The summed E-state index contributed by atoms with van der Waals surface area (Å²) in [6.45, 7) is 1.77. The zero-order valence-electron chi connectivity index (χ0n) is 10.7. The van der Waals surface area contributed by atoms with Crippen molar-refractivity contribution < 1.29 is 13.2 Å². The first-order valence-electron chi connectivity index (χ1n) is 6.37. The SMILES string of the molecule is FC(F)(F)c1nc2c(n1CCn1ccnc1)CCNC2. The van der Waals surface area contributed by atoms with Crippen LogP contribution in [0.1, 0.15) is 17.2 Å². The van der Waals surface area contributed by atoms with E-state index < -0.39 is 12.0 Å². The van der Waals surface area contributed by atoms with Crippen LogP contribution in [0.25, 0.3) is 0 Å². The Morgan fingerprint density at radius 3 is 2.85 bits per heavy atom. The second-order valence-corrected chi connectivity index (χ2v) is 4.71. The van der Waals surface area contributed by atoms with Gasteiger partial charge in [-0.1, -0.05) is 0 Å². The molecule has 3 heterocycles. The van der Waals surface area contributed by atoms with Crippen LogP contribution in [0.4, 0.5) is 13.2 Å². The Labute approximate surface area is 113 Å². The molecule has 8 heteroatoms. The van der Waals surface area contributed by atoms with E-state index in [9.17, 15) is 13.2 Å². The summed E-state index contributed by atoms with van der Waals surface area (Å²) < 4.78 is 42.3. The zero-order valence-corrected chi connectivity index (χ0v) is 10.7. The average Bonchev–Trinajstić information content (AvgIpc) is 3.03. The predicted molar refractivity (Wildman–Crippen MR) is 64.9 cm³/mol. The highest BCUT2D eigenvalue weighted by molar-refractivity contribution is 5.21. The van der Waals surface area contributed by atoms with Gasteiger partial charge in [0.15, 0.2) is 0 Å². The molecule has 2 aromatic rings. The standard InChI is InChI=1S/C12H14F3N5/c13-12(14,15)11-18-9-7-16-2-1-10(9)20(11)6-5-19-4-3-17-8-19/h3-4,8,16H,1-2,5-7H2. The summed E-state index contributed by atoms with van der Waals surface area (Å²) in [6, 6.07) is 0. The van der Waals surface area contributed by atoms with Crippen LogP contribution in [0.5, 0.6) is 0 Å². The molecule has 1 N–H and O–H groups in total. The second kappa shape index (κ2) is 4.93. The van der Waals surface area contributed by atoms with Gasteiger partial charge in [-0.25, -0.2) is 9.97 Å². The third kappa shape index (κ3) is 2.43. The van der Waals surface area contributed by atoms with Crippen molar-refractivity contribution in [3.63, 3.8) is 0 Å². The van der Waals surface area contributed by atoms with E-state index in [0.29, 0.717) is 37.4 Å². The summed E-state index contributed by atoms with van der Waals surface area (Å²) >= 11 is 0. The molecule has 0 unspecified atom stereocenters. The molecule has 0 saturated heterocycles. The van der Waals surface area contributed by atoms with Crippen molar-refractivity contribution in [1.29, 1.82) is 0 Å². The van der Waals surface area contributed by atoms with Crippen LogP contribution in [0.15, 0.2) is 18.7 Å². The minimum absolute atomic E-state index is 0.244. The minimum atomic E-state index is -4.42. The average molecular weight is 285 g/mol. The van der Waals surface area contributed by atoms with Crippen LogP contribution < -0.4 is 5.32 Å². The van der Waals surface area contributed by atoms with Crippen LogP contribution in [0.3, 0.4) is 0 Å². The predicted octanol–water partition coefficient (Wildman–Crippen LogP) is 1.44. The summed E-state index contributed by atoms with van der Waals surface area (Å²) in [4.78, 5) is 7.66. The summed E-state index contributed by atoms with van der Waals surface area (Å²) in [5.41, 5.74) is 1.20. The van der Waals surface area contributed by atoms with Crippen molar-refractivity contribution >= 4 is 0 Å². The fraction of sp³-hybridized carbons (Fsp3) is 0.500. The highest BCUT2D eigenvalue weighted by atomic mass is 19.4. The van der Waals surface area contributed by atoms with Crippen molar-refractivity contribution in [2.75, 3.05) is 6.54 Å². The van der Waals surface area contributed by atoms with Crippen LogP contribution >= 0.6 is 0 Å². The lowest BCUT2D eigenvalue weighted by Crippen LogP contribution is -2.26. The normalized spacial score (nSPS) is 15.3. The molecule has 108 valence electrons. The van der Waals surface area contributed by atoms with Crippen molar-refractivity contribution in [3.05, 3.63) is 35.9 Å². The second-order valence-electron chi connectivity index (χ2n) is 4.71. The van der Waals surface area contributed by atoms with E-state index in [0.717, 1.165) is 0 Å². The summed E-state index contributed by atoms with van der Waals surface area (Å²) in [5.74, 6) is -0.800. The van der Waals surface area contributed by atoms with E-state index in [1.807, 2.05) is 0 Å². The Morgan fingerprint density at radius 1 is 1.30 bits per heavy atom. The smallest absolute Gasteiger partial charge is 0.336 e. The molecule has 1 aliphatic rings. The number of hydrogen-bond donors (Lipinski definition) is 1. The van der Waals surface area contributed by atoms with E-state index in [4.69, 9.17) is 0 Å². The van der Waals surface area contributed by atoms with Crippen molar-refractivity contribution in [2.24, 2.45) is 0 Å². The van der Waals surface area contributed by atoms with E-state index in [1.165, 1.54) is 4.57 Å². The maximum atomic E-state index is 13.1. The summed E-state index contributed by atoms with van der Waals surface area (Å²) in [6.07, 6.45) is 1.09. The van der Waals surface area contributed by atoms with E-state index in [-0.39, 0.29) is 6.54 Å². The van der Waals surface area contributed by atoms with Gasteiger partial charge in [-0.3, -0.25) is 0 Å². The molecule has 20 heavy (non-hydrogen) atoms. The number of alkyl halides is 3. The molecule has 0 spiro atoms. The van der Waals surface area contributed by atoms with Gasteiger partial charge in [0.25, 0.3) is 0 Å². The first kappa shape index (κ1) is 13.2. The molecule has 2 aromatic heterocycles. The first-order chi connectivity index (χ1) is 9.55. The van der Waals surface area contributed by atoms with Crippen molar-refractivity contribution in [2.45, 2.75) is 32.2 Å². The zero-order chi connectivity index (χ0) is 14.2. The molecule has 0 saturated carbocycles. The number of aromatic nitrogens is 4. The van der Waals surface area contributed by atoms with E-state index >= 15 is 0 Å². The highest BCUT2D eigenvalue weighted by Gasteiger charge is 2.39. The number of imidazole rings is 2. The fourth-order valence-corrected chi connectivity index (χ4v) is 2.46. The van der Waals surface area contributed by atoms with Crippen LogP contribution in [-0.2, 0) is 32.2 Å². The molecule has 1 aliphatic heterocycles. The van der Waals surface area contributed by atoms with E-state index in [2.05, 4.69) is 15.3 Å². The van der Waals surface area contributed by atoms with Gasteiger partial charge in [0.05, 0.1) is 12.0 Å². The van der Waals surface area contributed by atoms with Gasteiger partial charge in [-0.15, -0.1) is 0 Å². The number of nitrogens with one attached hydrogen (secondary N) is 1. The molecule has 0 amide bonds. The van der Waals surface area contributed by atoms with Gasteiger partial charge in [-0.2, -0.15) is 13.2 Å². The first-order valence-corrected chi connectivity index (χ1v) is 6.37. The Kier molecular flexibility index (Phi) is 3.25. The number of aryl methyl sites for hydroxylation is 1. The lowest BCUT2D eigenvalue weighted by molar-refractivity contribution is -0.147. The molecular formula is C12H14F3N5. The van der Waals surface area contributed by atoms with Gasteiger partial charge >= 0.3 is 6.18 Å². The molecule has 0 aliphatic carbocycles. The molecule has 5 nitrogen and oxygen atoms in total. The Morgan fingerprint density at radius 2 is 2.15 bits per heavy atom. The van der Waals surface area contributed by atoms with Gasteiger partial charge in [0.1, 0.15) is 0 Å². The summed E-state index contributed by atoms with van der Waals surface area (Å²) in [7, 11) is 0. The van der Waals surface area contributed by atoms with Crippen LogP contribution in [0, 0.1) is 0 Å². The highest BCUT2D eigenvalue weighted by Crippen LogP contribution is 2.31. The largest absolute Gasteiger partial charge is 0.449 e. The number of fused-ring (bicyclic) bond motifs is 1. The monoisotopic (exact) mass is 285 g/mol. The minimum Gasteiger partial charge on any atom is -0.336 e. The number of nitrogens with zero attached hydrogens (tertiary/aromatic N) is 4. The fourth-order valence-electron chi connectivity index (χ4n) is 2.46. The summed E-state index contributed by atoms with van der Waals surface area (Å²) in [5, 5.41) is 3.04. The Balaban J connectivity index is 1.92. The van der Waals surface area contributed by atoms with Gasteiger partial charge < -0.3 is 14.5 Å². The number of hydrogen-bond acceptors (Lipinski definition) is 3. The lowest BCUT2D eigenvalue weighted by Gasteiger charge is -2.17. The topological polar surface area (TPSA) is 47.7 Å². The molecular weight excluding hydrogens is 271 g/mol. The van der Waals surface area contributed by atoms with Crippen molar-refractivity contribution in [1.82, 2.24) is 24.4 Å². The quantitative estimate of drug-likeness (QED) is 0.928. The van der Waals surface area contributed by atoms with Gasteiger partial charge in [0.2, 0.25) is 5.82 Å². The molecule has 0 radical (unpaired) electrons. The van der Waals surface area contributed by atoms with Crippen LogP contribution in [0.2, 0.25) is 0 Å². The third-order valence-corrected chi connectivity index (χ3v) is 3.38. The number of rotatable bonds is 3. The Bertz CT molecular complexity index is 585. The Hall–Kier alpha value is -1.83. The van der Waals surface area contributed by atoms with Gasteiger partial charge in [-0.05, 0) is 0 Å². The molecule has 0 aromatic carbocycles. The molecule has 0 bridgehead atoms. The van der Waals surface area contributed by atoms with E-state index in [1.54, 1.807) is 23.3 Å². The maximum absolute atomic E-state index is 13.1. The molecule has 3 rings (SSSR count). The lowest BCUT2D eigenvalue weighted by atomic mass is 10.2.